The number of hydrogen-bond acceptors (Lipinski definition) is 10. The first-order valence-corrected chi connectivity index (χ1v) is 12.7. The fourth-order valence-corrected chi connectivity index (χ4v) is 4.14. The third-order valence-corrected chi connectivity index (χ3v) is 6.45. The summed E-state index contributed by atoms with van der Waals surface area (Å²) in [5, 5.41) is 50.3. The van der Waals surface area contributed by atoms with Crippen molar-refractivity contribution in [2.24, 2.45) is 5.92 Å². The molecule has 0 spiro atoms. The summed E-state index contributed by atoms with van der Waals surface area (Å²) in [6.07, 6.45) is -0.485. The maximum Gasteiger partial charge on any atom is 0.407 e. The maximum absolute atomic E-state index is 12.7. The zero-order chi connectivity index (χ0) is 28.1. The van der Waals surface area contributed by atoms with E-state index in [4.69, 9.17) is 14.6 Å². The van der Waals surface area contributed by atoms with Gasteiger partial charge in [-0.05, 0) is 44.1 Å². The Morgan fingerprint density at radius 3 is 2.53 bits per heavy atom. The van der Waals surface area contributed by atoms with Gasteiger partial charge in [0.25, 0.3) is 0 Å². The van der Waals surface area contributed by atoms with Crippen LogP contribution < -0.4 is 5.32 Å². The molecule has 212 valence electrons. The largest absolute Gasteiger partial charge is 0.467 e. The normalized spacial score (nSPS) is 16.1. The van der Waals surface area contributed by atoms with E-state index in [0.29, 0.717) is 31.5 Å². The van der Waals surface area contributed by atoms with E-state index in [1.165, 1.54) is 11.8 Å². The number of nitrogens with zero attached hydrogens (tertiary/aromatic N) is 3. The average molecular weight is 537 g/mol. The van der Waals surface area contributed by atoms with Gasteiger partial charge in [0.05, 0.1) is 31.6 Å². The molecule has 1 amide bonds. The zero-order valence-corrected chi connectivity index (χ0v) is 22.2. The molecule has 1 heterocycles. The number of aryl methyl sites for hydroxylation is 1. The van der Waals surface area contributed by atoms with Gasteiger partial charge in [-0.25, -0.2) is 14.3 Å². The van der Waals surface area contributed by atoms with Gasteiger partial charge in [-0.15, -0.1) is 5.10 Å². The lowest BCUT2D eigenvalue weighted by Crippen LogP contribution is -2.44. The number of nitrogens with one attached hydrogen (secondary N) is 1. The number of amides is 1. The van der Waals surface area contributed by atoms with Crippen molar-refractivity contribution in [3.63, 3.8) is 0 Å². The SMILES string of the molecule is COC(=O)C(C)(CC(O)CC(C)C(O)[C@H](O)CO)n1cc(CCCCNC(=O)OCc2ccccc2)nn1. The molecule has 0 saturated carbocycles. The minimum atomic E-state index is -1.36. The fraction of sp³-hybridized carbons (Fsp3) is 0.615. The summed E-state index contributed by atoms with van der Waals surface area (Å²) in [7, 11) is 1.24. The molecule has 1 aromatic heterocycles. The van der Waals surface area contributed by atoms with Crippen LogP contribution in [-0.2, 0) is 32.8 Å². The summed E-state index contributed by atoms with van der Waals surface area (Å²) in [6, 6.07) is 9.40. The molecule has 0 radical (unpaired) electrons. The second-order valence-electron chi connectivity index (χ2n) is 9.68. The van der Waals surface area contributed by atoms with Crippen LogP contribution in [0.25, 0.3) is 0 Å². The fourth-order valence-electron chi connectivity index (χ4n) is 4.14. The molecule has 2 aromatic rings. The number of hydrogen-bond donors (Lipinski definition) is 5. The Morgan fingerprint density at radius 1 is 1.16 bits per heavy atom. The highest BCUT2D eigenvalue weighted by Gasteiger charge is 2.40. The number of aromatic nitrogens is 3. The summed E-state index contributed by atoms with van der Waals surface area (Å²) < 4.78 is 11.5. The molecule has 0 aliphatic carbocycles. The summed E-state index contributed by atoms with van der Waals surface area (Å²) in [5.41, 5.74) is 0.185. The molecule has 4 unspecified atom stereocenters. The van der Waals surface area contributed by atoms with Crippen LogP contribution in [0.5, 0.6) is 0 Å². The first-order chi connectivity index (χ1) is 18.1. The molecule has 12 nitrogen and oxygen atoms in total. The van der Waals surface area contributed by atoms with Crippen LogP contribution in [-0.4, -0.2) is 86.1 Å². The minimum Gasteiger partial charge on any atom is -0.467 e. The molecular formula is C26H40N4O8. The topological polar surface area (TPSA) is 176 Å². The van der Waals surface area contributed by atoms with Gasteiger partial charge in [0.15, 0.2) is 5.54 Å². The Labute approximate surface area is 222 Å². The van der Waals surface area contributed by atoms with E-state index in [9.17, 15) is 24.9 Å². The van der Waals surface area contributed by atoms with Crippen molar-refractivity contribution in [1.29, 1.82) is 0 Å². The highest BCUT2D eigenvalue weighted by atomic mass is 16.5. The van der Waals surface area contributed by atoms with Gasteiger partial charge >= 0.3 is 12.1 Å². The smallest absolute Gasteiger partial charge is 0.407 e. The molecule has 0 saturated heterocycles. The Morgan fingerprint density at radius 2 is 1.87 bits per heavy atom. The van der Waals surface area contributed by atoms with Crippen LogP contribution >= 0.6 is 0 Å². The molecule has 1 aromatic carbocycles. The zero-order valence-electron chi connectivity index (χ0n) is 22.2. The van der Waals surface area contributed by atoms with E-state index in [1.807, 2.05) is 30.3 Å². The molecule has 0 aliphatic rings. The van der Waals surface area contributed by atoms with Crippen molar-refractivity contribution in [3.8, 4) is 0 Å². The number of ether oxygens (including phenoxy) is 2. The molecule has 0 fully saturated rings. The molecule has 0 aliphatic heterocycles. The number of unbranched alkanes of at least 4 members (excludes halogenated alkanes) is 1. The number of rotatable bonds is 16. The third-order valence-electron chi connectivity index (χ3n) is 6.45. The number of aliphatic hydroxyl groups excluding tert-OH is 4. The van der Waals surface area contributed by atoms with Crippen molar-refractivity contribution in [3.05, 3.63) is 47.8 Å². The van der Waals surface area contributed by atoms with Crippen LogP contribution in [0.2, 0.25) is 0 Å². The lowest BCUT2D eigenvalue weighted by molar-refractivity contribution is -0.153. The number of esters is 1. The van der Waals surface area contributed by atoms with E-state index < -0.39 is 48.4 Å². The summed E-state index contributed by atoms with van der Waals surface area (Å²) in [4.78, 5) is 24.5. The Bertz CT molecular complexity index is 989. The number of benzene rings is 1. The van der Waals surface area contributed by atoms with Crippen molar-refractivity contribution in [1.82, 2.24) is 20.3 Å². The Hall–Kier alpha value is -3.06. The summed E-state index contributed by atoms with van der Waals surface area (Å²) >= 11 is 0. The van der Waals surface area contributed by atoms with Gasteiger partial charge in [-0.2, -0.15) is 0 Å². The van der Waals surface area contributed by atoms with Crippen LogP contribution in [0.15, 0.2) is 36.5 Å². The molecule has 38 heavy (non-hydrogen) atoms. The summed E-state index contributed by atoms with van der Waals surface area (Å²) in [6.45, 7) is 3.25. The average Bonchev–Trinajstić information content (AvgIpc) is 3.40. The van der Waals surface area contributed by atoms with Gasteiger partial charge in [-0.1, -0.05) is 42.5 Å². The van der Waals surface area contributed by atoms with Crippen molar-refractivity contribution in [2.75, 3.05) is 20.3 Å². The van der Waals surface area contributed by atoms with Crippen molar-refractivity contribution >= 4 is 12.1 Å². The number of alkyl carbamates (subject to hydrolysis) is 1. The molecule has 2 rings (SSSR count). The maximum atomic E-state index is 12.7. The van der Waals surface area contributed by atoms with Crippen molar-refractivity contribution < 1.29 is 39.5 Å². The van der Waals surface area contributed by atoms with E-state index in [-0.39, 0.29) is 19.4 Å². The summed E-state index contributed by atoms with van der Waals surface area (Å²) in [5.74, 6) is -1.15. The second kappa shape index (κ2) is 15.4. The van der Waals surface area contributed by atoms with Gasteiger partial charge in [0.2, 0.25) is 0 Å². The van der Waals surface area contributed by atoms with Crippen LogP contribution in [0.3, 0.4) is 0 Å². The predicted molar refractivity (Wildman–Crippen MR) is 137 cm³/mol. The van der Waals surface area contributed by atoms with E-state index in [1.54, 1.807) is 20.0 Å². The van der Waals surface area contributed by atoms with Crippen LogP contribution in [0.1, 0.15) is 50.8 Å². The lowest BCUT2D eigenvalue weighted by atomic mass is 9.87. The molecule has 5 N–H and O–H groups in total. The minimum absolute atomic E-state index is 0.0657. The monoisotopic (exact) mass is 536 g/mol. The van der Waals surface area contributed by atoms with Crippen molar-refractivity contribution in [2.45, 2.75) is 76.4 Å². The predicted octanol–water partition coefficient (Wildman–Crippen LogP) is 0.907. The van der Waals surface area contributed by atoms with Gasteiger partial charge in [0, 0.05) is 19.2 Å². The van der Waals surface area contributed by atoms with Crippen LogP contribution in [0.4, 0.5) is 4.79 Å². The number of carbonyl (C=O) groups is 2. The van der Waals surface area contributed by atoms with Gasteiger partial charge in [0.1, 0.15) is 12.7 Å². The second-order valence-corrected chi connectivity index (χ2v) is 9.68. The van der Waals surface area contributed by atoms with Gasteiger partial charge in [-0.3, -0.25) is 0 Å². The standard InChI is InChI=1S/C26H40N4O8/c1-18(23(34)22(33)16-31)13-21(32)14-26(2,24(35)37-3)30-15-20(28-29-30)11-7-8-12-27-25(36)38-17-19-9-5-4-6-10-19/h4-6,9-10,15,18,21-23,31-34H,7-8,11-14,16-17H2,1-3H3,(H,27,36)/t18?,21?,22-,23?,26?/m1/s1. The molecule has 0 bridgehead atoms. The Balaban J connectivity index is 1.84. The molecule has 5 atom stereocenters. The van der Waals surface area contributed by atoms with E-state index >= 15 is 0 Å². The number of carbonyl (C=O) groups excluding carboxylic acids is 2. The highest BCUT2D eigenvalue weighted by molar-refractivity contribution is 5.78. The van der Waals surface area contributed by atoms with Gasteiger partial charge < -0.3 is 35.2 Å². The number of aliphatic hydroxyl groups is 4. The van der Waals surface area contributed by atoms with E-state index in [0.717, 1.165) is 5.56 Å². The number of methoxy groups -OCH3 is 1. The third kappa shape index (κ3) is 9.35. The highest BCUT2D eigenvalue weighted by Crippen LogP contribution is 2.27. The first-order valence-electron chi connectivity index (χ1n) is 12.7. The molecular weight excluding hydrogens is 496 g/mol. The molecule has 12 heteroatoms. The van der Waals surface area contributed by atoms with E-state index in [2.05, 4.69) is 15.6 Å². The Kier molecular flexibility index (Phi) is 12.6. The quantitative estimate of drug-likeness (QED) is 0.153. The lowest BCUT2D eigenvalue weighted by Gasteiger charge is -2.31. The van der Waals surface area contributed by atoms with Crippen LogP contribution in [0, 0.1) is 5.92 Å². The first kappa shape index (κ1) is 31.2.